The molecule has 1 aromatic carbocycles. The number of para-hydroxylation sites is 1. The second-order valence-corrected chi connectivity index (χ2v) is 8.82. The fraction of sp³-hybridized carbons (Fsp3) is 0.133. The summed E-state index contributed by atoms with van der Waals surface area (Å²) in [5.41, 5.74) is 8.23. The van der Waals surface area contributed by atoms with Crippen molar-refractivity contribution >= 4 is 34.4 Å². The number of hydrogen-bond acceptors (Lipinski definition) is 5. The summed E-state index contributed by atoms with van der Waals surface area (Å²) < 4.78 is 0. The molecule has 0 atom stereocenters. The van der Waals surface area contributed by atoms with Gasteiger partial charge >= 0.3 is 0 Å². The molecule has 5 aromatic rings. The van der Waals surface area contributed by atoms with E-state index in [1.807, 2.05) is 55.6 Å². The van der Waals surface area contributed by atoms with Crippen molar-refractivity contribution < 1.29 is 0 Å². The molecule has 0 fully saturated rings. The number of rotatable bonds is 8. The van der Waals surface area contributed by atoms with E-state index in [4.69, 9.17) is 4.98 Å². The number of fused-ring (bicyclic) bond motifs is 1. The maximum atomic E-state index is 4.96. The molecule has 0 aliphatic rings. The Morgan fingerprint density at radius 1 is 1.08 bits per heavy atom. The molecule has 0 aliphatic heterocycles. The number of allylic oxidation sites excluding steroid dienone is 2. The summed E-state index contributed by atoms with van der Waals surface area (Å²) in [6.45, 7) is 12.5. The second kappa shape index (κ2) is 10.5. The maximum Gasteiger partial charge on any atom is 0.159 e. The van der Waals surface area contributed by atoms with Gasteiger partial charge < -0.3 is 10.3 Å². The molecule has 0 saturated heterocycles. The lowest BCUT2D eigenvalue weighted by Crippen LogP contribution is -2.23. The van der Waals surface area contributed by atoms with Crippen LogP contribution in [-0.4, -0.2) is 30.1 Å². The predicted octanol–water partition coefficient (Wildman–Crippen LogP) is 5.43. The molecule has 0 bridgehead atoms. The van der Waals surface area contributed by atoms with E-state index in [1.165, 1.54) is 0 Å². The largest absolute Gasteiger partial charge is 0.358 e. The number of hydrogen-bond donors (Lipinski definition) is 3. The summed E-state index contributed by atoms with van der Waals surface area (Å²) >= 11 is 0. The van der Waals surface area contributed by atoms with E-state index in [0.29, 0.717) is 5.82 Å². The molecule has 37 heavy (non-hydrogen) atoms. The van der Waals surface area contributed by atoms with Gasteiger partial charge in [-0.05, 0) is 54.8 Å². The number of imidazole rings is 1. The molecule has 0 aliphatic carbocycles. The number of anilines is 1. The minimum Gasteiger partial charge on any atom is -0.358 e. The number of aromatic amines is 2. The molecule has 184 valence electrons. The first-order valence-corrected chi connectivity index (χ1v) is 12.3. The van der Waals surface area contributed by atoms with Crippen LogP contribution in [0.3, 0.4) is 0 Å². The molecule has 0 unspecified atom stereocenters. The number of pyridine rings is 2. The molecular weight excluding hydrogens is 458 g/mol. The zero-order valence-electron chi connectivity index (χ0n) is 21.0. The zero-order valence-corrected chi connectivity index (χ0v) is 21.0. The van der Waals surface area contributed by atoms with Gasteiger partial charge in [0.15, 0.2) is 5.82 Å². The molecule has 7 heteroatoms. The SMILES string of the molecule is C=C(CCC)Nc1cncc(C(=C)/C=c2/c(-c3nc4c(-c5ccncc5)cccc4[nH]3)n[nH]/c2=C/C)c1. The predicted molar refractivity (Wildman–Crippen MR) is 152 cm³/mol. The van der Waals surface area contributed by atoms with Crippen LogP contribution in [0.2, 0.25) is 0 Å². The van der Waals surface area contributed by atoms with Gasteiger partial charge in [-0.3, -0.25) is 15.1 Å². The van der Waals surface area contributed by atoms with Gasteiger partial charge in [0.1, 0.15) is 5.69 Å². The van der Waals surface area contributed by atoms with Crippen molar-refractivity contribution in [3.8, 4) is 22.6 Å². The van der Waals surface area contributed by atoms with Gasteiger partial charge in [-0.2, -0.15) is 5.10 Å². The fourth-order valence-electron chi connectivity index (χ4n) is 4.33. The van der Waals surface area contributed by atoms with Crippen LogP contribution in [0.15, 0.2) is 80.0 Å². The highest BCUT2D eigenvalue weighted by Gasteiger charge is 2.14. The average molecular weight is 488 g/mol. The topological polar surface area (TPSA) is 95.2 Å². The van der Waals surface area contributed by atoms with Crippen LogP contribution in [0, 0.1) is 0 Å². The van der Waals surface area contributed by atoms with E-state index in [0.717, 1.165) is 73.8 Å². The van der Waals surface area contributed by atoms with Gasteiger partial charge in [-0.15, -0.1) is 0 Å². The number of nitrogens with one attached hydrogen (secondary N) is 3. The minimum absolute atomic E-state index is 0.685. The molecule has 0 amide bonds. The summed E-state index contributed by atoms with van der Waals surface area (Å²) in [5.74, 6) is 0.685. The summed E-state index contributed by atoms with van der Waals surface area (Å²) in [4.78, 5) is 16.9. The van der Waals surface area contributed by atoms with Crippen LogP contribution in [0.4, 0.5) is 5.69 Å². The normalized spacial score (nSPS) is 12.3. The third-order valence-corrected chi connectivity index (χ3v) is 6.15. The van der Waals surface area contributed by atoms with Crippen LogP contribution >= 0.6 is 0 Å². The highest BCUT2D eigenvalue weighted by Crippen LogP contribution is 2.28. The van der Waals surface area contributed by atoms with Crippen molar-refractivity contribution in [2.75, 3.05) is 5.32 Å². The lowest BCUT2D eigenvalue weighted by atomic mass is 10.1. The zero-order chi connectivity index (χ0) is 25.8. The van der Waals surface area contributed by atoms with Crippen LogP contribution in [0.25, 0.3) is 51.4 Å². The molecule has 0 spiro atoms. The number of nitrogens with zero attached hydrogens (tertiary/aromatic N) is 4. The number of aromatic nitrogens is 6. The second-order valence-electron chi connectivity index (χ2n) is 8.82. The van der Waals surface area contributed by atoms with Gasteiger partial charge in [0, 0.05) is 40.6 Å². The Kier molecular flexibility index (Phi) is 6.76. The van der Waals surface area contributed by atoms with Gasteiger partial charge in [0.2, 0.25) is 0 Å². The third kappa shape index (κ3) is 4.97. The van der Waals surface area contributed by atoms with E-state index < -0.39 is 0 Å². The summed E-state index contributed by atoms with van der Waals surface area (Å²) in [6.07, 6.45) is 13.1. The maximum absolute atomic E-state index is 4.96. The third-order valence-electron chi connectivity index (χ3n) is 6.15. The monoisotopic (exact) mass is 487 g/mol. The smallest absolute Gasteiger partial charge is 0.159 e. The highest BCUT2D eigenvalue weighted by atomic mass is 15.1. The first kappa shape index (κ1) is 23.9. The van der Waals surface area contributed by atoms with Gasteiger partial charge in [-0.1, -0.05) is 44.7 Å². The summed E-state index contributed by atoms with van der Waals surface area (Å²) in [5, 5.41) is 12.9. The lowest BCUT2D eigenvalue weighted by Gasteiger charge is -2.09. The minimum atomic E-state index is 0.685. The van der Waals surface area contributed by atoms with Gasteiger partial charge in [0.05, 0.1) is 28.3 Å². The van der Waals surface area contributed by atoms with E-state index >= 15 is 0 Å². The molecular formula is C30H29N7. The molecule has 3 N–H and O–H groups in total. The molecule has 4 heterocycles. The van der Waals surface area contributed by atoms with Gasteiger partial charge in [0.25, 0.3) is 0 Å². The fourth-order valence-corrected chi connectivity index (χ4v) is 4.33. The van der Waals surface area contributed by atoms with Crippen LogP contribution in [0.5, 0.6) is 0 Å². The Morgan fingerprint density at radius 2 is 1.92 bits per heavy atom. The number of H-pyrrole nitrogens is 2. The van der Waals surface area contributed by atoms with Crippen molar-refractivity contribution in [3.63, 3.8) is 0 Å². The Balaban J connectivity index is 1.56. The van der Waals surface area contributed by atoms with Crippen molar-refractivity contribution in [3.05, 3.63) is 96.2 Å². The molecule has 4 aromatic heterocycles. The Labute approximate surface area is 215 Å². The summed E-state index contributed by atoms with van der Waals surface area (Å²) in [7, 11) is 0. The number of benzene rings is 1. The first-order chi connectivity index (χ1) is 18.1. The van der Waals surface area contributed by atoms with E-state index in [1.54, 1.807) is 18.6 Å². The van der Waals surface area contributed by atoms with E-state index in [9.17, 15) is 0 Å². The quantitative estimate of drug-likeness (QED) is 0.271. The van der Waals surface area contributed by atoms with Crippen molar-refractivity contribution in [2.24, 2.45) is 0 Å². The molecule has 0 saturated carbocycles. The van der Waals surface area contributed by atoms with E-state index in [-0.39, 0.29) is 0 Å². The molecule has 0 radical (unpaired) electrons. The molecule has 5 rings (SSSR count). The lowest BCUT2D eigenvalue weighted by molar-refractivity contribution is 0.913. The van der Waals surface area contributed by atoms with Crippen LogP contribution in [-0.2, 0) is 0 Å². The average Bonchev–Trinajstić information content (AvgIpc) is 3.53. The summed E-state index contributed by atoms with van der Waals surface area (Å²) in [6, 6.07) is 12.1. The van der Waals surface area contributed by atoms with Crippen molar-refractivity contribution in [1.82, 2.24) is 30.1 Å². The van der Waals surface area contributed by atoms with Crippen molar-refractivity contribution in [2.45, 2.75) is 26.7 Å². The van der Waals surface area contributed by atoms with Crippen molar-refractivity contribution in [1.29, 1.82) is 0 Å². The standard InChI is InChI=1S/C30H29N7/c1-5-8-20(4)33-23-16-22(17-32-18-23)19(3)15-25-26(6-2)36-37-29(25)30-34-27-10-7-9-24(28(27)35-30)21-11-13-31-14-12-21/h6-7,9-18,33,36H,3-5,8H2,1-2H3,(H,34,35)/b25-15+,26-6+. The van der Waals surface area contributed by atoms with Crippen LogP contribution < -0.4 is 15.9 Å². The highest BCUT2D eigenvalue weighted by molar-refractivity contribution is 5.94. The Hall–Kier alpha value is -4.78. The molecule has 7 nitrogen and oxygen atoms in total. The Bertz CT molecular complexity index is 1710. The Morgan fingerprint density at radius 3 is 2.70 bits per heavy atom. The van der Waals surface area contributed by atoms with Crippen LogP contribution in [0.1, 0.15) is 32.3 Å². The van der Waals surface area contributed by atoms with E-state index in [2.05, 4.69) is 56.6 Å². The first-order valence-electron chi connectivity index (χ1n) is 12.3. The van der Waals surface area contributed by atoms with Gasteiger partial charge in [-0.25, -0.2) is 4.98 Å².